The van der Waals surface area contributed by atoms with Crippen LogP contribution >= 0.6 is 0 Å². The number of rotatable bonds is 9. The van der Waals surface area contributed by atoms with Crippen LogP contribution in [-0.2, 0) is 21.2 Å². The Morgan fingerprint density at radius 3 is 2.72 bits per heavy atom. The summed E-state index contributed by atoms with van der Waals surface area (Å²) in [5.74, 6) is 0.523. The molecule has 0 aliphatic carbocycles. The minimum absolute atomic E-state index is 0.114. The Balaban J connectivity index is 1.54. The van der Waals surface area contributed by atoms with Crippen LogP contribution in [0.3, 0.4) is 0 Å². The van der Waals surface area contributed by atoms with Crippen LogP contribution in [-0.4, -0.2) is 74.4 Å². The minimum atomic E-state index is -3.39. The molecule has 0 saturated carbocycles. The van der Waals surface area contributed by atoms with Crippen molar-refractivity contribution >= 4 is 27.0 Å². The molecule has 0 radical (unpaired) electrons. The summed E-state index contributed by atoms with van der Waals surface area (Å²) in [5, 5.41) is 28.0. The van der Waals surface area contributed by atoms with E-state index in [9.17, 15) is 18.6 Å². The molecular formula is C18H25N7O6S. The quantitative estimate of drug-likeness (QED) is 0.325. The fraction of sp³-hybridized carbons (Fsp3) is 0.556. The van der Waals surface area contributed by atoms with Crippen molar-refractivity contribution in [2.24, 2.45) is 0 Å². The second-order valence-electron chi connectivity index (χ2n) is 7.29. The van der Waals surface area contributed by atoms with Gasteiger partial charge in [-0.15, -0.1) is 0 Å². The van der Waals surface area contributed by atoms with Crippen LogP contribution in [0.15, 0.2) is 23.2 Å². The van der Waals surface area contributed by atoms with E-state index in [1.807, 2.05) is 6.92 Å². The van der Waals surface area contributed by atoms with E-state index in [2.05, 4.69) is 30.1 Å². The maximum absolute atomic E-state index is 11.8. The van der Waals surface area contributed by atoms with Crippen LogP contribution in [0.1, 0.15) is 37.6 Å². The number of aromatic nitrogens is 5. The highest BCUT2D eigenvalue weighted by Gasteiger charge is 2.46. The van der Waals surface area contributed by atoms with Crippen LogP contribution in [0.25, 0.3) is 11.2 Å². The summed E-state index contributed by atoms with van der Waals surface area (Å²) in [7, 11) is -3.39. The molecule has 4 rings (SSSR count). The Labute approximate surface area is 183 Å². The van der Waals surface area contributed by atoms with E-state index in [-0.39, 0.29) is 12.3 Å². The Kier molecular flexibility index (Phi) is 6.39. The van der Waals surface area contributed by atoms with Gasteiger partial charge in [-0.2, -0.15) is 0 Å². The van der Waals surface area contributed by atoms with Gasteiger partial charge < -0.3 is 24.8 Å². The Hall–Kier alpha value is -2.65. The van der Waals surface area contributed by atoms with Crippen molar-refractivity contribution in [3.05, 3.63) is 30.2 Å². The summed E-state index contributed by atoms with van der Waals surface area (Å²) >= 11 is 0. The normalized spacial score (nSPS) is 23.8. The molecular weight excluding hydrogens is 442 g/mol. The van der Waals surface area contributed by atoms with Crippen LogP contribution in [0.2, 0.25) is 0 Å². The van der Waals surface area contributed by atoms with Gasteiger partial charge in [-0.1, -0.05) is 19.0 Å². The number of imidazole rings is 1. The Bertz CT molecular complexity index is 1180. The molecule has 14 heteroatoms. The van der Waals surface area contributed by atoms with Crippen molar-refractivity contribution in [3.63, 3.8) is 0 Å². The molecule has 0 aromatic carbocycles. The lowest BCUT2D eigenvalue weighted by atomic mass is 10.1. The molecule has 4 N–H and O–H groups in total. The van der Waals surface area contributed by atoms with Gasteiger partial charge in [-0.05, 0) is 6.42 Å². The van der Waals surface area contributed by atoms with Gasteiger partial charge in [0.05, 0.1) is 17.8 Å². The minimum Gasteiger partial charge on any atom is -0.387 e. The molecule has 4 heterocycles. The second kappa shape index (κ2) is 9.07. The van der Waals surface area contributed by atoms with Crippen LogP contribution in [0.5, 0.6) is 0 Å². The fourth-order valence-electron chi connectivity index (χ4n) is 3.52. The molecule has 0 spiro atoms. The van der Waals surface area contributed by atoms with Crippen molar-refractivity contribution < 1.29 is 27.9 Å². The number of hydrogen-bond donors (Lipinski definition) is 4. The summed E-state index contributed by atoms with van der Waals surface area (Å²) in [6.07, 6.45) is -1.03. The van der Waals surface area contributed by atoms with Crippen molar-refractivity contribution in [2.75, 3.05) is 24.2 Å². The summed E-state index contributed by atoms with van der Waals surface area (Å²) < 4.78 is 38.7. The predicted molar refractivity (Wildman–Crippen MR) is 112 cm³/mol. The van der Waals surface area contributed by atoms with Gasteiger partial charge in [-0.3, -0.25) is 4.57 Å². The van der Waals surface area contributed by atoms with Gasteiger partial charge in [0, 0.05) is 19.2 Å². The average Bonchev–Trinajstić information content (AvgIpc) is 3.47. The molecule has 1 aliphatic rings. The molecule has 13 nitrogen and oxygen atoms in total. The number of aliphatic hydroxyl groups is 2. The van der Waals surface area contributed by atoms with E-state index in [0.717, 1.165) is 0 Å². The number of anilines is 1. The monoisotopic (exact) mass is 467 g/mol. The molecule has 3 aromatic rings. The SMILES string of the molecule is CCNS(=O)(=O)CCNc1ncnc2c1ncn2[C@@H]1O[C@H](c2cc(CC)no2)[C@@H](O)[C@H]1O. The van der Waals surface area contributed by atoms with Gasteiger partial charge in [0.15, 0.2) is 29.0 Å². The first-order valence-electron chi connectivity index (χ1n) is 10.2. The largest absolute Gasteiger partial charge is 0.387 e. The van der Waals surface area contributed by atoms with Gasteiger partial charge in [0.1, 0.15) is 24.6 Å². The number of nitrogens with zero attached hydrogens (tertiary/aromatic N) is 5. The molecule has 0 bridgehead atoms. The number of hydrogen-bond acceptors (Lipinski definition) is 11. The first-order chi connectivity index (χ1) is 15.3. The third kappa shape index (κ3) is 4.31. The molecule has 0 unspecified atom stereocenters. The standard InChI is InChI=1S/C18H25N7O6S/c1-3-10-7-11(31-24-10)15-13(26)14(27)18(30-15)25-9-22-12-16(20-8-21-17(12)25)19-5-6-32(28,29)23-4-2/h7-9,13-15,18,23,26-27H,3-6H2,1-2H3,(H,19,20,21)/t13-,14+,15+,18+/m0/s1. The zero-order chi connectivity index (χ0) is 22.9. The van der Waals surface area contributed by atoms with E-state index in [0.29, 0.717) is 41.4 Å². The van der Waals surface area contributed by atoms with E-state index in [4.69, 9.17) is 9.26 Å². The number of ether oxygens (including phenoxy) is 1. The predicted octanol–water partition coefficient (Wildman–Crippen LogP) is -0.280. The topological polar surface area (TPSA) is 178 Å². The first-order valence-corrected chi connectivity index (χ1v) is 11.9. The van der Waals surface area contributed by atoms with Crippen molar-refractivity contribution in [1.29, 1.82) is 0 Å². The fourth-order valence-corrected chi connectivity index (χ4v) is 4.47. The molecule has 1 fully saturated rings. The first kappa shape index (κ1) is 22.5. The average molecular weight is 468 g/mol. The molecule has 0 amide bonds. The number of aryl methyl sites for hydroxylation is 1. The summed E-state index contributed by atoms with van der Waals surface area (Å²) in [5.41, 5.74) is 1.43. The number of sulfonamides is 1. The van der Waals surface area contributed by atoms with Crippen LogP contribution in [0.4, 0.5) is 5.82 Å². The van der Waals surface area contributed by atoms with E-state index >= 15 is 0 Å². The third-order valence-electron chi connectivity index (χ3n) is 5.12. The van der Waals surface area contributed by atoms with Gasteiger partial charge in [0.25, 0.3) is 0 Å². The number of aliphatic hydroxyl groups excluding tert-OH is 2. The van der Waals surface area contributed by atoms with Crippen molar-refractivity contribution in [3.8, 4) is 0 Å². The molecule has 3 aromatic heterocycles. The van der Waals surface area contributed by atoms with E-state index < -0.39 is 34.6 Å². The zero-order valence-electron chi connectivity index (χ0n) is 17.5. The molecule has 1 aliphatic heterocycles. The van der Waals surface area contributed by atoms with E-state index in [1.165, 1.54) is 17.2 Å². The van der Waals surface area contributed by atoms with Gasteiger partial charge in [0.2, 0.25) is 10.0 Å². The summed E-state index contributed by atoms with van der Waals surface area (Å²) in [6, 6.07) is 1.68. The van der Waals surface area contributed by atoms with Gasteiger partial charge in [-0.25, -0.2) is 28.1 Å². The van der Waals surface area contributed by atoms with Crippen LogP contribution < -0.4 is 10.0 Å². The molecule has 174 valence electrons. The Morgan fingerprint density at radius 1 is 1.19 bits per heavy atom. The highest BCUT2D eigenvalue weighted by atomic mass is 32.2. The van der Waals surface area contributed by atoms with Crippen LogP contribution in [0, 0.1) is 0 Å². The third-order valence-corrected chi connectivity index (χ3v) is 6.59. The highest BCUT2D eigenvalue weighted by Crippen LogP contribution is 2.40. The molecule has 1 saturated heterocycles. The maximum atomic E-state index is 11.8. The second-order valence-corrected chi connectivity index (χ2v) is 9.22. The Morgan fingerprint density at radius 2 is 2.00 bits per heavy atom. The maximum Gasteiger partial charge on any atom is 0.213 e. The summed E-state index contributed by atoms with van der Waals surface area (Å²) in [6.45, 7) is 4.05. The number of fused-ring (bicyclic) bond motifs is 1. The lowest BCUT2D eigenvalue weighted by molar-refractivity contribution is -0.0434. The van der Waals surface area contributed by atoms with Crippen molar-refractivity contribution in [2.45, 2.75) is 44.8 Å². The molecule has 32 heavy (non-hydrogen) atoms. The highest BCUT2D eigenvalue weighted by molar-refractivity contribution is 7.89. The zero-order valence-corrected chi connectivity index (χ0v) is 18.4. The smallest absolute Gasteiger partial charge is 0.213 e. The van der Waals surface area contributed by atoms with E-state index in [1.54, 1.807) is 13.0 Å². The number of nitrogens with one attached hydrogen (secondary N) is 2. The lowest BCUT2D eigenvalue weighted by Gasteiger charge is -2.16. The van der Waals surface area contributed by atoms with Crippen molar-refractivity contribution in [1.82, 2.24) is 29.4 Å². The lowest BCUT2D eigenvalue weighted by Crippen LogP contribution is -2.29. The van der Waals surface area contributed by atoms with Gasteiger partial charge >= 0.3 is 0 Å². The molecule has 4 atom stereocenters. The summed E-state index contributed by atoms with van der Waals surface area (Å²) in [4.78, 5) is 12.6.